The van der Waals surface area contributed by atoms with Gasteiger partial charge in [-0.1, -0.05) is 90.3 Å². The maximum Gasteiger partial charge on any atom is 0.331 e. The molecule has 0 aliphatic rings. The van der Waals surface area contributed by atoms with Gasteiger partial charge in [-0.05, 0) is 24.1 Å². The Kier molecular flexibility index (Phi) is 11.5. The molecule has 1 aromatic carbocycles. The summed E-state index contributed by atoms with van der Waals surface area (Å²) in [5.74, 6) is -1.09. The minimum Gasteiger partial charge on any atom is -0.478 e. The lowest BCUT2D eigenvalue weighted by Crippen LogP contribution is -2.07. The van der Waals surface area contributed by atoms with Crippen molar-refractivity contribution in [2.24, 2.45) is 0 Å². The van der Waals surface area contributed by atoms with Crippen molar-refractivity contribution in [1.29, 1.82) is 0 Å². The summed E-state index contributed by atoms with van der Waals surface area (Å²) in [6.45, 7) is 8.78. The van der Waals surface area contributed by atoms with Gasteiger partial charge in [0.2, 0.25) is 0 Å². The van der Waals surface area contributed by atoms with Gasteiger partial charge in [0.05, 0.1) is 0 Å². The Labute approximate surface area is 159 Å². The SMILES string of the molecule is C=C(C(=O)O)C(C)c1ccc(NCCCCCCCCCCCC)cc1. The molecule has 3 heteroatoms. The summed E-state index contributed by atoms with van der Waals surface area (Å²) < 4.78 is 0. The smallest absolute Gasteiger partial charge is 0.331 e. The normalized spacial score (nSPS) is 11.9. The number of anilines is 1. The predicted octanol–water partition coefficient (Wildman–Crippen LogP) is 6.76. The summed E-state index contributed by atoms with van der Waals surface area (Å²) in [4.78, 5) is 11.0. The molecule has 0 saturated carbocycles. The molecule has 0 amide bonds. The Hall–Kier alpha value is -1.77. The number of benzene rings is 1. The van der Waals surface area contributed by atoms with Crippen LogP contribution >= 0.6 is 0 Å². The number of carboxylic acids is 1. The van der Waals surface area contributed by atoms with E-state index in [9.17, 15) is 4.79 Å². The zero-order chi connectivity index (χ0) is 19.2. The van der Waals surface area contributed by atoms with E-state index in [2.05, 4.69) is 18.8 Å². The van der Waals surface area contributed by atoms with Gasteiger partial charge in [-0.3, -0.25) is 0 Å². The average Bonchev–Trinajstić information content (AvgIpc) is 2.65. The third kappa shape index (κ3) is 9.07. The number of unbranched alkanes of at least 4 members (excludes halogenated alkanes) is 9. The third-order valence-corrected chi connectivity index (χ3v) is 5.07. The molecule has 0 aliphatic carbocycles. The molecule has 0 aliphatic heterocycles. The minimum absolute atomic E-state index is 0.163. The molecule has 0 bridgehead atoms. The van der Waals surface area contributed by atoms with Crippen molar-refractivity contribution in [3.8, 4) is 0 Å². The summed E-state index contributed by atoms with van der Waals surface area (Å²) in [6.07, 6.45) is 13.5. The number of nitrogens with one attached hydrogen (secondary N) is 1. The first-order valence-electron chi connectivity index (χ1n) is 10.3. The van der Waals surface area contributed by atoms with Gasteiger partial charge in [-0.25, -0.2) is 4.79 Å². The van der Waals surface area contributed by atoms with Crippen LogP contribution in [0.15, 0.2) is 36.4 Å². The summed E-state index contributed by atoms with van der Waals surface area (Å²) in [7, 11) is 0. The van der Waals surface area contributed by atoms with Crippen molar-refractivity contribution in [3.05, 3.63) is 42.0 Å². The highest BCUT2D eigenvalue weighted by Crippen LogP contribution is 2.24. The van der Waals surface area contributed by atoms with Gasteiger partial charge in [0.1, 0.15) is 0 Å². The van der Waals surface area contributed by atoms with Crippen molar-refractivity contribution in [2.75, 3.05) is 11.9 Å². The van der Waals surface area contributed by atoms with Crippen molar-refractivity contribution in [2.45, 2.75) is 84.0 Å². The molecule has 0 saturated heterocycles. The molecule has 146 valence electrons. The molecule has 1 rings (SSSR count). The molecule has 0 radical (unpaired) electrons. The van der Waals surface area contributed by atoms with E-state index >= 15 is 0 Å². The molecule has 0 aromatic heterocycles. The van der Waals surface area contributed by atoms with Crippen molar-refractivity contribution in [1.82, 2.24) is 0 Å². The summed E-state index contributed by atoms with van der Waals surface area (Å²) in [5.41, 5.74) is 2.32. The van der Waals surface area contributed by atoms with Gasteiger partial charge < -0.3 is 10.4 Å². The molecule has 1 atom stereocenters. The topological polar surface area (TPSA) is 49.3 Å². The van der Waals surface area contributed by atoms with Crippen LogP contribution in [0.4, 0.5) is 5.69 Å². The Balaban J connectivity index is 2.11. The highest BCUT2D eigenvalue weighted by molar-refractivity contribution is 5.87. The lowest BCUT2D eigenvalue weighted by molar-refractivity contribution is -0.132. The Bertz CT molecular complexity index is 522. The lowest BCUT2D eigenvalue weighted by Gasteiger charge is -2.13. The Morgan fingerprint density at radius 1 is 0.962 bits per heavy atom. The highest BCUT2D eigenvalue weighted by atomic mass is 16.4. The molecule has 1 unspecified atom stereocenters. The van der Waals surface area contributed by atoms with E-state index in [4.69, 9.17) is 5.11 Å². The number of hydrogen-bond acceptors (Lipinski definition) is 2. The average molecular weight is 360 g/mol. The van der Waals surface area contributed by atoms with Crippen LogP contribution in [0.5, 0.6) is 0 Å². The molecular weight excluding hydrogens is 322 g/mol. The summed E-state index contributed by atoms with van der Waals surface area (Å²) >= 11 is 0. The number of aliphatic carboxylic acids is 1. The van der Waals surface area contributed by atoms with Crippen molar-refractivity contribution < 1.29 is 9.90 Å². The number of hydrogen-bond donors (Lipinski definition) is 2. The first-order chi connectivity index (χ1) is 12.6. The number of carboxylic acid groups (broad SMARTS) is 1. The first kappa shape index (κ1) is 22.3. The standard InChI is InChI=1S/C23H37NO2/c1-4-5-6-7-8-9-10-11-12-13-18-24-22-16-14-21(15-17-22)19(2)20(3)23(25)26/h14-17,19,24H,3-13,18H2,1-2H3,(H,25,26). The molecule has 3 nitrogen and oxygen atoms in total. The van der Waals surface area contributed by atoms with Crippen LogP contribution in [-0.2, 0) is 4.79 Å². The van der Waals surface area contributed by atoms with Crippen LogP contribution in [0, 0.1) is 0 Å². The molecule has 0 spiro atoms. The number of carbonyl (C=O) groups is 1. The zero-order valence-electron chi connectivity index (χ0n) is 16.7. The van der Waals surface area contributed by atoms with Crippen LogP contribution in [0.3, 0.4) is 0 Å². The van der Waals surface area contributed by atoms with E-state index in [1.54, 1.807) is 0 Å². The molecular formula is C23H37NO2. The van der Waals surface area contributed by atoms with Gasteiger partial charge in [-0.2, -0.15) is 0 Å². The molecule has 1 aromatic rings. The molecule has 0 fully saturated rings. The first-order valence-corrected chi connectivity index (χ1v) is 10.3. The fraction of sp³-hybridized carbons (Fsp3) is 0.609. The van der Waals surface area contributed by atoms with Crippen LogP contribution in [-0.4, -0.2) is 17.6 Å². The largest absolute Gasteiger partial charge is 0.478 e. The maximum absolute atomic E-state index is 11.0. The van der Waals surface area contributed by atoms with E-state index in [0.29, 0.717) is 0 Å². The van der Waals surface area contributed by atoms with Crippen LogP contribution in [0.1, 0.15) is 89.5 Å². The van der Waals surface area contributed by atoms with E-state index in [1.807, 2.05) is 31.2 Å². The lowest BCUT2D eigenvalue weighted by atomic mass is 9.94. The second-order valence-electron chi connectivity index (χ2n) is 7.28. The minimum atomic E-state index is -0.930. The van der Waals surface area contributed by atoms with Gasteiger partial charge in [-0.15, -0.1) is 0 Å². The van der Waals surface area contributed by atoms with E-state index in [0.717, 1.165) is 17.8 Å². The molecule has 26 heavy (non-hydrogen) atoms. The van der Waals surface area contributed by atoms with Crippen molar-refractivity contribution in [3.63, 3.8) is 0 Å². The Morgan fingerprint density at radius 3 is 1.96 bits per heavy atom. The molecule has 0 heterocycles. The van der Waals surface area contributed by atoms with E-state index in [-0.39, 0.29) is 11.5 Å². The fourth-order valence-electron chi connectivity index (χ4n) is 3.12. The van der Waals surface area contributed by atoms with E-state index in [1.165, 1.54) is 64.2 Å². The van der Waals surface area contributed by atoms with Crippen molar-refractivity contribution >= 4 is 11.7 Å². The second-order valence-corrected chi connectivity index (χ2v) is 7.28. The van der Waals surface area contributed by atoms with Gasteiger partial charge >= 0.3 is 5.97 Å². The fourth-order valence-corrected chi connectivity index (χ4v) is 3.12. The van der Waals surface area contributed by atoms with Crippen LogP contribution < -0.4 is 5.32 Å². The third-order valence-electron chi connectivity index (χ3n) is 5.07. The van der Waals surface area contributed by atoms with E-state index < -0.39 is 5.97 Å². The number of rotatable bonds is 15. The molecule has 2 N–H and O–H groups in total. The summed E-state index contributed by atoms with van der Waals surface area (Å²) in [5, 5.41) is 12.5. The van der Waals surface area contributed by atoms with Gasteiger partial charge in [0.15, 0.2) is 0 Å². The Morgan fingerprint density at radius 2 is 1.46 bits per heavy atom. The van der Waals surface area contributed by atoms with Crippen LogP contribution in [0.2, 0.25) is 0 Å². The zero-order valence-corrected chi connectivity index (χ0v) is 16.7. The van der Waals surface area contributed by atoms with Crippen LogP contribution in [0.25, 0.3) is 0 Å². The summed E-state index contributed by atoms with van der Waals surface area (Å²) in [6, 6.07) is 8.02. The highest BCUT2D eigenvalue weighted by Gasteiger charge is 2.15. The maximum atomic E-state index is 11.0. The quantitative estimate of drug-likeness (QED) is 0.268. The second kappa shape index (κ2) is 13.4. The monoisotopic (exact) mass is 359 g/mol. The predicted molar refractivity (Wildman–Crippen MR) is 112 cm³/mol. The van der Waals surface area contributed by atoms with Gasteiger partial charge in [0.25, 0.3) is 0 Å². The van der Waals surface area contributed by atoms with Gasteiger partial charge in [0, 0.05) is 23.7 Å².